The Hall–Kier alpha value is -1.02. The van der Waals surface area contributed by atoms with Crippen LogP contribution in [0.15, 0.2) is 18.2 Å². The van der Waals surface area contributed by atoms with Crippen LogP contribution < -0.4 is 10.6 Å². The van der Waals surface area contributed by atoms with Gasteiger partial charge in [-0.15, -0.1) is 0 Å². The molecule has 1 heterocycles. The van der Waals surface area contributed by atoms with E-state index in [1.165, 1.54) is 42.6 Å². The van der Waals surface area contributed by atoms with Gasteiger partial charge in [-0.3, -0.25) is 0 Å². The van der Waals surface area contributed by atoms with Gasteiger partial charge in [0.05, 0.1) is 0 Å². The van der Waals surface area contributed by atoms with Gasteiger partial charge >= 0.3 is 0 Å². The van der Waals surface area contributed by atoms with Crippen LogP contribution in [0, 0.1) is 12.3 Å². The zero-order chi connectivity index (χ0) is 13.2. The van der Waals surface area contributed by atoms with E-state index in [1.54, 1.807) is 0 Å². The minimum atomic E-state index is 0.488. The fraction of sp³-hybridized carbons (Fsp3) is 0.625. The first-order valence-corrected chi connectivity index (χ1v) is 7.06. The Kier molecular flexibility index (Phi) is 3.96. The lowest BCUT2D eigenvalue weighted by Crippen LogP contribution is -2.26. The maximum atomic E-state index is 5.89. The molecule has 0 amide bonds. The molecule has 0 radical (unpaired) electrons. The lowest BCUT2D eigenvalue weighted by Gasteiger charge is -2.27. The number of hydrogen-bond acceptors (Lipinski definition) is 2. The molecule has 1 aromatic rings. The number of aryl methyl sites for hydroxylation is 1. The molecule has 0 spiro atoms. The molecule has 100 valence electrons. The number of nitrogens with zero attached hydrogens (tertiary/aromatic N) is 1. The van der Waals surface area contributed by atoms with E-state index in [-0.39, 0.29) is 0 Å². The van der Waals surface area contributed by atoms with E-state index in [1.807, 2.05) is 0 Å². The third-order valence-electron chi connectivity index (χ3n) is 4.14. The summed E-state index contributed by atoms with van der Waals surface area (Å²) in [5.74, 6) is 0. The zero-order valence-electron chi connectivity index (χ0n) is 12.0. The monoisotopic (exact) mass is 246 g/mol. The molecule has 0 atom stereocenters. The average molecular weight is 246 g/mol. The van der Waals surface area contributed by atoms with Crippen molar-refractivity contribution in [3.8, 4) is 0 Å². The van der Waals surface area contributed by atoms with Crippen molar-refractivity contribution in [3.63, 3.8) is 0 Å². The van der Waals surface area contributed by atoms with Crippen molar-refractivity contribution in [2.45, 2.75) is 46.6 Å². The summed E-state index contributed by atoms with van der Waals surface area (Å²) in [6, 6.07) is 6.67. The Bertz CT molecular complexity index is 410. The van der Waals surface area contributed by atoms with Crippen molar-refractivity contribution < 1.29 is 0 Å². The summed E-state index contributed by atoms with van der Waals surface area (Å²) in [5.41, 5.74) is 10.3. The maximum absolute atomic E-state index is 5.89. The highest BCUT2D eigenvalue weighted by Gasteiger charge is 2.23. The molecule has 0 aromatic heterocycles. The number of hydrogen-bond donors (Lipinski definition) is 1. The highest BCUT2D eigenvalue weighted by atomic mass is 15.1. The van der Waals surface area contributed by atoms with E-state index in [9.17, 15) is 0 Å². The SMILES string of the molecule is Cc1ccc(N2CCCC(C)(C)CC2)c(CN)c1. The van der Waals surface area contributed by atoms with Crippen molar-refractivity contribution in [1.29, 1.82) is 0 Å². The van der Waals surface area contributed by atoms with Crippen LogP contribution in [-0.2, 0) is 6.54 Å². The number of rotatable bonds is 2. The molecule has 2 rings (SSSR count). The Morgan fingerprint density at radius 2 is 2.00 bits per heavy atom. The standard InChI is InChI=1S/C16H26N2/c1-13-5-6-15(14(11-13)12-17)18-9-4-7-16(2,3)8-10-18/h5-6,11H,4,7-10,12,17H2,1-3H3. The first-order chi connectivity index (χ1) is 8.52. The lowest BCUT2D eigenvalue weighted by molar-refractivity contribution is 0.325. The molecule has 1 aromatic carbocycles. The third-order valence-corrected chi connectivity index (χ3v) is 4.14. The normalized spacial score (nSPS) is 19.7. The third kappa shape index (κ3) is 3.05. The van der Waals surface area contributed by atoms with Gasteiger partial charge in [-0.2, -0.15) is 0 Å². The molecule has 1 aliphatic heterocycles. The van der Waals surface area contributed by atoms with Crippen molar-refractivity contribution in [1.82, 2.24) is 0 Å². The van der Waals surface area contributed by atoms with Crippen LogP contribution in [0.25, 0.3) is 0 Å². The summed E-state index contributed by atoms with van der Waals surface area (Å²) in [6.07, 6.45) is 3.88. The van der Waals surface area contributed by atoms with Gasteiger partial charge in [0.2, 0.25) is 0 Å². The molecule has 2 N–H and O–H groups in total. The second-order valence-electron chi connectivity index (χ2n) is 6.34. The zero-order valence-corrected chi connectivity index (χ0v) is 12.0. The summed E-state index contributed by atoms with van der Waals surface area (Å²) < 4.78 is 0. The predicted molar refractivity (Wildman–Crippen MR) is 78.9 cm³/mol. The van der Waals surface area contributed by atoms with Crippen molar-refractivity contribution in [2.24, 2.45) is 11.1 Å². The van der Waals surface area contributed by atoms with E-state index >= 15 is 0 Å². The van der Waals surface area contributed by atoms with Gasteiger partial charge in [-0.1, -0.05) is 31.5 Å². The minimum absolute atomic E-state index is 0.488. The fourth-order valence-electron chi connectivity index (χ4n) is 2.85. The van der Waals surface area contributed by atoms with Crippen LogP contribution in [0.1, 0.15) is 44.2 Å². The molecule has 1 fully saturated rings. The van der Waals surface area contributed by atoms with Gasteiger partial charge in [0.1, 0.15) is 0 Å². The predicted octanol–water partition coefficient (Wildman–Crippen LogP) is 3.47. The smallest absolute Gasteiger partial charge is 0.0411 e. The summed E-state index contributed by atoms with van der Waals surface area (Å²) in [5, 5.41) is 0. The second-order valence-corrected chi connectivity index (χ2v) is 6.34. The summed E-state index contributed by atoms with van der Waals surface area (Å²) >= 11 is 0. The van der Waals surface area contributed by atoms with E-state index in [0.29, 0.717) is 12.0 Å². The van der Waals surface area contributed by atoms with E-state index in [2.05, 4.69) is 43.9 Å². The average Bonchev–Trinajstić information content (AvgIpc) is 2.50. The first kappa shape index (κ1) is 13.4. The molecule has 2 heteroatoms. The molecular weight excluding hydrogens is 220 g/mol. The van der Waals surface area contributed by atoms with Gasteiger partial charge < -0.3 is 10.6 Å². The van der Waals surface area contributed by atoms with Crippen molar-refractivity contribution >= 4 is 5.69 Å². The molecule has 0 saturated carbocycles. The second kappa shape index (κ2) is 5.31. The van der Waals surface area contributed by atoms with Crippen molar-refractivity contribution in [3.05, 3.63) is 29.3 Å². The Morgan fingerprint density at radius 3 is 2.72 bits per heavy atom. The molecule has 0 unspecified atom stereocenters. The summed E-state index contributed by atoms with van der Waals surface area (Å²) in [6.45, 7) is 9.86. The molecule has 0 aliphatic carbocycles. The molecule has 18 heavy (non-hydrogen) atoms. The molecule has 1 aliphatic rings. The van der Waals surface area contributed by atoms with Crippen LogP contribution in [0.2, 0.25) is 0 Å². The molecule has 2 nitrogen and oxygen atoms in total. The van der Waals surface area contributed by atoms with Gasteiger partial charge in [-0.05, 0) is 43.2 Å². The van der Waals surface area contributed by atoms with E-state index in [0.717, 1.165) is 6.54 Å². The molecule has 0 bridgehead atoms. The van der Waals surface area contributed by atoms with Crippen LogP contribution >= 0.6 is 0 Å². The van der Waals surface area contributed by atoms with E-state index in [4.69, 9.17) is 5.73 Å². The summed E-state index contributed by atoms with van der Waals surface area (Å²) in [4.78, 5) is 2.52. The maximum Gasteiger partial charge on any atom is 0.0411 e. The van der Waals surface area contributed by atoms with Gasteiger partial charge in [0.25, 0.3) is 0 Å². The number of anilines is 1. The largest absolute Gasteiger partial charge is 0.371 e. The van der Waals surface area contributed by atoms with Crippen LogP contribution in [0.4, 0.5) is 5.69 Å². The minimum Gasteiger partial charge on any atom is -0.371 e. The van der Waals surface area contributed by atoms with Crippen LogP contribution in [0.5, 0.6) is 0 Å². The topological polar surface area (TPSA) is 29.3 Å². The number of nitrogens with two attached hydrogens (primary N) is 1. The van der Waals surface area contributed by atoms with Gasteiger partial charge in [-0.25, -0.2) is 0 Å². The quantitative estimate of drug-likeness (QED) is 0.865. The Labute approximate surface area is 111 Å². The van der Waals surface area contributed by atoms with Crippen molar-refractivity contribution in [2.75, 3.05) is 18.0 Å². The summed E-state index contributed by atoms with van der Waals surface area (Å²) in [7, 11) is 0. The van der Waals surface area contributed by atoms with Gasteiger partial charge in [0, 0.05) is 25.3 Å². The highest BCUT2D eigenvalue weighted by molar-refractivity contribution is 5.55. The number of benzene rings is 1. The fourth-order valence-corrected chi connectivity index (χ4v) is 2.85. The Balaban J connectivity index is 2.21. The van der Waals surface area contributed by atoms with Crippen LogP contribution in [0.3, 0.4) is 0 Å². The highest BCUT2D eigenvalue weighted by Crippen LogP contribution is 2.32. The Morgan fingerprint density at radius 1 is 1.22 bits per heavy atom. The lowest BCUT2D eigenvalue weighted by atomic mass is 9.85. The first-order valence-electron chi connectivity index (χ1n) is 7.06. The van der Waals surface area contributed by atoms with Gasteiger partial charge in [0.15, 0.2) is 0 Å². The molecular formula is C16H26N2. The molecule has 1 saturated heterocycles. The van der Waals surface area contributed by atoms with Crippen LogP contribution in [-0.4, -0.2) is 13.1 Å². The van der Waals surface area contributed by atoms with E-state index < -0.39 is 0 Å².